The van der Waals surface area contributed by atoms with Crippen molar-refractivity contribution in [2.45, 2.75) is 205 Å². The third kappa shape index (κ3) is 35.5. The minimum absolute atomic E-state index is 0. The molecule has 0 radical (unpaired) electrons. The van der Waals surface area contributed by atoms with E-state index in [1.54, 1.807) is 27.7 Å². The maximum atomic E-state index is 14.4. The fourth-order valence-corrected chi connectivity index (χ4v) is 8.62. The quantitative estimate of drug-likeness (QED) is 0.0196. The molecule has 0 aromatic heterocycles. The van der Waals surface area contributed by atoms with E-state index in [0.29, 0.717) is 18.6 Å². The second-order valence-electron chi connectivity index (χ2n) is 22.6. The van der Waals surface area contributed by atoms with Crippen molar-refractivity contribution in [3.05, 3.63) is 0 Å². The molecular formula is C53H101N16NaO16S. The van der Waals surface area contributed by atoms with Gasteiger partial charge in [-0.2, -0.15) is 0 Å². The molecule has 1 rings (SSSR count). The van der Waals surface area contributed by atoms with Gasteiger partial charge in [-0.25, -0.2) is 8.42 Å². The molecule has 0 aromatic carbocycles. The number of hydrogen-bond acceptors (Lipinski definition) is 21. The normalized spacial score (nSPS) is 22.3. The van der Waals surface area contributed by atoms with Gasteiger partial charge in [0.05, 0.1) is 22.3 Å². The van der Waals surface area contributed by atoms with Gasteiger partial charge in [-0.15, -0.1) is 0 Å². The number of hydrogen-bond donors (Lipinski definition) is 18. The van der Waals surface area contributed by atoms with Crippen molar-refractivity contribution in [3.8, 4) is 0 Å². The van der Waals surface area contributed by atoms with Crippen LogP contribution in [0.4, 0.5) is 0 Å². The van der Waals surface area contributed by atoms with Gasteiger partial charge < -0.3 is 102 Å². The third-order valence-electron chi connectivity index (χ3n) is 13.1. The summed E-state index contributed by atoms with van der Waals surface area (Å²) in [4.78, 5) is 152. The van der Waals surface area contributed by atoms with Crippen LogP contribution >= 0.6 is 0 Å². The summed E-state index contributed by atoms with van der Waals surface area (Å²) in [7, 11) is -3.92. The Morgan fingerprint density at radius 1 is 0.540 bits per heavy atom. The molecule has 0 aromatic rings. The molecule has 1 saturated heterocycles. The average Bonchev–Trinajstić information content (AvgIpc) is 2.33. The van der Waals surface area contributed by atoms with Gasteiger partial charge in [-0.1, -0.05) is 54.4 Å². The van der Waals surface area contributed by atoms with Gasteiger partial charge in [-0.05, 0) is 122 Å². The molecule has 11 amide bonds. The molecule has 34 heteroatoms. The predicted molar refractivity (Wildman–Crippen MR) is 316 cm³/mol. The number of carbonyl (C=O) groups excluding carboxylic acids is 11. The number of amides is 11. The van der Waals surface area contributed by atoms with E-state index in [4.69, 9.17) is 41.6 Å². The number of unbranched alkanes of at least 4 members (excludes halogenated alkanes) is 1. The van der Waals surface area contributed by atoms with Crippen molar-refractivity contribution in [2.75, 3.05) is 45.5 Å². The van der Waals surface area contributed by atoms with Gasteiger partial charge in [0.2, 0.25) is 65.0 Å². The van der Waals surface area contributed by atoms with Gasteiger partial charge >= 0.3 is 29.6 Å². The van der Waals surface area contributed by atoms with Crippen molar-refractivity contribution in [1.29, 1.82) is 0 Å². The van der Waals surface area contributed by atoms with Gasteiger partial charge in [-0.3, -0.25) is 52.7 Å². The Kier molecular flexibility index (Phi) is 42.7. The monoisotopic (exact) mass is 1270 g/mol. The van der Waals surface area contributed by atoms with Crippen molar-refractivity contribution < 1.29 is 105 Å². The van der Waals surface area contributed by atoms with Crippen LogP contribution in [-0.4, -0.2) is 206 Å². The van der Waals surface area contributed by atoms with E-state index in [0.717, 1.165) is 12.8 Å². The van der Waals surface area contributed by atoms with Gasteiger partial charge in [0, 0.05) is 19.2 Å². The molecular weight excluding hydrogens is 1170 g/mol. The molecule has 12 atom stereocenters. The summed E-state index contributed by atoms with van der Waals surface area (Å²) in [6.07, 6.45) is -1.20. The Hall–Kier alpha value is -5.20. The van der Waals surface area contributed by atoms with Crippen molar-refractivity contribution in [2.24, 2.45) is 46.4 Å². The minimum atomic E-state index is -3.92. The summed E-state index contributed by atoms with van der Waals surface area (Å²) < 4.78 is 27.2. The van der Waals surface area contributed by atoms with E-state index in [1.807, 2.05) is 0 Å². The van der Waals surface area contributed by atoms with Crippen LogP contribution in [0.2, 0.25) is 0 Å². The molecule has 32 nitrogen and oxygen atoms in total. The summed E-state index contributed by atoms with van der Waals surface area (Å²) in [6.45, 7) is 12.6. The Bertz CT molecular complexity index is 2300. The first kappa shape index (κ1) is 83.9. The smallest absolute Gasteiger partial charge is 0.748 e. The average molecular weight is 1270 g/mol. The number of carbonyl (C=O) groups is 11. The number of aliphatic hydroxyl groups is 2. The fraction of sp³-hybridized carbons (Fsp3) is 0.792. The zero-order valence-corrected chi connectivity index (χ0v) is 55.1. The third-order valence-corrected chi connectivity index (χ3v) is 13.1. The maximum Gasteiger partial charge on any atom is 1.00 e. The minimum Gasteiger partial charge on any atom is -0.748 e. The van der Waals surface area contributed by atoms with Crippen molar-refractivity contribution in [1.82, 2.24) is 58.5 Å². The maximum absolute atomic E-state index is 14.4. The second kappa shape index (κ2) is 44.3. The SMILES string of the molecule is CC(C)CCCCC(=O)N[C@@H](CCN)C(=O)N[C@H](C(=O)N[C@@H](CCN)C(=O)N[C@H]1CCNC(=O)[C@H]([C@@H](C)O)NC(=O)[C@H](CCN)NC(=O)[C@H](CCN)NC(=O)[C@H](CC(C)C)NC(=O)[C@@H](CC(C)C)NC(=O)[C@H](CCN)NC1=O)[C@@H](C)O.CS(=O)(=O)[O-].[Na+]. The number of rotatable bonds is 28. The molecule has 0 bridgehead atoms. The van der Waals surface area contributed by atoms with E-state index in [9.17, 15) is 63.0 Å². The Labute approximate surface area is 533 Å². The topological polar surface area (TPSA) is 548 Å². The fourth-order valence-electron chi connectivity index (χ4n) is 8.62. The summed E-state index contributed by atoms with van der Waals surface area (Å²) in [5, 5.41) is 49.5. The first-order chi connectivity index (χ1) is 40.1. The number of nitrogens with one attached hydrogen (secondary N) is 11. The second-order valence-corrected chi connectivity index (χ2v) is 24.0. The van der Waals surface area contributed by atoms with Crippen LogP contribution in [0, 0.1) is 17.8 Å². The molecule has 0 saturated carbocycles. The number of nitrogens with two attached hydrogens (primary N) is 5. The zero-order valence-electron chi connectivity index (χ0n) is 52.3. The van der Waals surface area contributed by atoms with Crippen LogP contribution in [0.3, 0.4) is 0 Å². The van der Waals surface area contributed by atoms with E-state index in [-0.39, 0.29) is 125 Å². The van der Waals surface area contributed by atoms with E-state index >= 15 is 0 Å². The first-order valence-corrected chi connectivity index (χ1v) is 31.0. The molecule has 1 heterocycles. The standard InChI is InChI=1S/C52H98N16O13.CH4O3S.Na/c1-27(2)11-9-10-12-40(71)59-32(13-19-53)47(76)68-42(31(8)70)52(81)64-35(16-22-56)44(73)63-37-18-24-58-51(80)41(30(7)69)67-48(77)36(17-23-57)61-43(72)33(14-20-54)62-49(78)38(25-28(3)4)66-50(79)39(26-29(5)6)65-45(74)34(15-21-55)60-46(37)75;1-5(2,3)4;/h27-39,41-42,69-70H,9-26,53-57H2,1-8H3,(H,58,80)(H,59,71)(H,60,75)(H,61,72)(H,62,78)(H,63,73)(H,64,81)(H,65,74)(H,66,79)(H,67,77)(H,68,76);1H3,(H,2,3,4);/q;;+1/p-1/t30-,31-,32+,33+,34+,35+,36+,37+,38+,39-,41+,42+;;/m1../s1. The molecule has 1 aliphatic heterocycles. The van der Waals surface area contributed by atoms with E-state index in [2.05, 4.69) is 72.3 Å². The molecule has 1 fully saturated rings. The largest absolute Gasteiger partial charge is 1.00 e. The molecule has 0 aliphatic carbocycles. The van der Waals surface area contributed by atoms with Crippen LogP contribution in [0.15, 0.2) is 0 Å². The summed E-state index contributed by atoms with van der Waals surface area (Å²) in [6, 6.07) is -14.5. The Balaban J connectivity index is 0. The molecule has 0 unspecified atom stereocenters. The van der Waals surface area contributed by atoms with Crippen LogP contribution in [0.1, 0.15) is 132 Å². The molecule has 496 valence electrons. The Morgan fingerprint density at radius 2 is 0.943 bits per heavy atom. The van der Waals surface area contributed by atoms with Crippen LogP contribution in [0.25, 0.3) is 0 Å². The number of aliphatic hydroxyl groups excluding tert-OH is 2. The summed E-state index contributed by atoms with van der Waals surface area (Å²) >= 11 is 0. The molecule has 87 heavy (non-hydrogen) atoms. The van der Waals surface area contributed by atoms with Gasteiger partial charge in [0.1, 0.15) is 60.4 Å². The Morgan fingerprint density at radius 3 is 1.33 bits per heavy atom. The summed E-state index contributed by atoms with van der Waals surface area (Å²) in [5.41, 5.74) is 29.2. The zero-order chi connectivity index (χ0) is 66.0. The van der Waals surface area contributed by atoms with E-state index < -0.39 is 161 Å². The first-order valence-electron chi connectivity index (χ1n) is 29.2. The van der Waals surface area contributed by atoms with E-state index in [1.165, 1.54) is 13.8 Å². The van der Waals surface area contributed by atoms with Gasteiger partial charge in [0.25, 0.3) is 0 Å². The molecule has 23 N–H and O–H groups in total. The molecule has 0 spiro atoms. The summed E-state index contributed by atoms with van der Waals surface area (Å²) in [5.74, 6) is -9.55. The van der Waals surface area contributed by atoms with Crippen LogP contribution < -0.4 is 117 Å². The predicted octanol–water partition coefficient (Wildman–Crippen LogP) is -9.67. The van der Waals surface area contributed by atoms with Crippen molar-refractivity contribution >= 4 is 75.1 Å². The molecule has 1 aliphatic rings. The van der Waals surface area contributed by atoms with Crippen LogP contribution in [0.5, 0.6) is 0 Å². The van der Waals surface area contributed by atoms with Crippen LogP contribution in [-0.2, 0) is 62.9 Å². The van der Waals surface area contributed by atoms with Gasteiger partial charge in [0.15, 0.2) is 0 Å². The van der Waals surface area contributed by atoms with Crippen molar-refractivity contribution in [3.63, 3.8) is 0 Å².